The summed E-state index contributed by atoms with van der Waals surface area (Å²) in [5, 5.41) is 25.3. The van der Waals surface area contributed by atoms with Crippen molar-refractivity contribution in [2.45, 2.75) is 39.3 Å². The van der Waals surface area contributed by atoms with Crippen LogP contribution in [0.4, 0.5) is 4.79 Å². The maximum Gasteiger partial charge on any atom is 0.407 e. The van der Waals surface area contributed by atoms with E-state index in [9.17, 15) is 15.0 Å². The lowest BCUT2D eigenvalue weighted by Gasteiger charge is -2.19. The topological polar surface area (TPSA) is 90.8 Å². The summed E-state index contributed by atoms with van der Waals surface area (Å²) in [5.74, 6) is 0.112. The number of phenolic OH excluding ortho intramolecular Hbond substituents is 2. The molecule has 23 heavy (non-hydrogen) atoms. The molecule has 0 fully saturated rings. The van der Waals surface area contributed by atoms with Crippen LogP contribution in [0.1, 0.15) is 39.3 Å². The molecule has 0 aliphatic heterocycles. The fourth-order valence-electron chi connectivity index (χ4n) is 1.95. The van der Waals surface area contributed by atoms with E-state index in [-0.39, 0.29) is 17.5 Å². The fourth-order valence-corrected chi connectivity index (χ4v) is 1.95. The van der Waals surface area contributed by atoms with Crippen LogP contribution in [0.5, 0.6) is 11.5 Å². The largest absolute Gasteiger partial charge is 0.507 e. The lowest BCUT2D eigenvalue weighted by atomic mass is 10.1. The van der Waals surface area contributed by atoms with Gasteiger partial charge < -0.3 is 25.6 Å². The number of alkyl carbamates (subject to hydrolysis) is 1. The molecule has 1 amide bonds. The van der Waals surface area contributed by atoms with Crippen molar-refractivity contribution in [2.75, 3.05) is 13.1 Å². The van der Waals surface area contributed by atoms with Gasteiger partial charge in [-0.3, -0.25) is 0 Å². The minimum Gasteiger partial charge on any atom is -0.507 e. The fraction of sp³-hybridized carbons (Fsp3) is 0.471. The van der Waals surface area contributed by atoms with Crippen molar-refractivity contribution >= 4 is 6.09 Å². The Morgan fingerprint density at radius 3 is 2.35 bits per heavy atom. The van der Waals surface area contributed by atoms with Crippen LogP contribution in [0.15, 0.2) is 30.4 Å². The highest BCUT2D eigenvalue weighted by molar-refractivity contribution is 5.67. The standard InChI is InChI=1S/C17H26N2O4/c1-12(15-13(20)8-7-9-14(15)21)18-10-5-6-11-19-16(22)23-17(2,3)4/h5-9,12,18,20-21H,10-11H2,1-4H3,(H,19,22)/b6-5+. The van der Waals surface area contributed by atoms with Crippen molar-refractivity contribution in [1.82, 2.24) is 10.6 Å². The van der Waals surface area contributed by atoms with Crippen molar-refractivity contribution < 1.29 is 19.7 Å². The second-order valence-electron chi connectivity index (χ2n) is 6.19. The first-order chi connectivity index (χ1) is 10.7. The number of aromatic hydroxyl groups is 2. The molecule has 0 aliphatic carbocycles. The summed E-state index contributed by atoms with van der Waals surface area (Å²) < 4.78 is 5.11. The molecule has 0 spiro atoms. The average Bonchev–Trinajstić information content (AvgIpc) is 2.40. The third-order valence-corrected chi connectivity index (χ3v) is 2.96. The summed E-state index contributed by atoms with van der Waals surface area (Å²) in [6.45, 7) is 8.17. The van der Waals surface area contributed by atoms with Crippen LogP contribution in [0.2, 0.25) is 0 Å². The number of benzene rings is 1. The van der Waals surface area contributed by atoms with Gasteiger partial charge in [0.25, 0.3) is 0 Å². The van der Waals surface area contributed by atoms with Crippen LogP contribution in [0.3, 0.4) is 0 Å². The van der Waals surface area contributed by atoms with E-state index < -0.39 is 11.7 Å². The second kappa shape index (κ2) is 8.43. The lowest BCUT2D eigenvalue weighted by Crippen LogP contribution is -2.32. The first-order valence-electron chi connectivity index (χ1n) is 7.57. The molecule has 0 bridgehead atoms. The van der Waals surface area contributed by atoms with Crippen molar-refractivity contribution in [1.29, 1.82) is 0 Å². The number of amides is 1. The van der Waals surface area contributed by atoms with E-state index in [1.165, 1.54) is 12.1 Å². The van der Waals surface area contributed by atoms with Gasteiger partial charge >= 0.3 is 6.09 Å². The van der Waals surface area contributed by atoms with E-state index >= 15 is 0 Å². The van der Waals surface area contributed by atoms with Gasteiger partial charge in [-0.25, -0.2) is 4.79 Å². The SMILES string of the molecule is CC(NC/C=C/CNC(=O)OC(C)(C)C)c1c(O)cccc1O. The number of ether oxygens (including phenoxy) is 1. The minimum atomic E-state index is -0.509. The maximum atomic E-state index is 11.4. The van der Waals surface area contributed by atoms with Gasteiger partial charge in [0.05, 0.1) is 5.56 Å². The molecular weight excluding hydrogens is 296 g/mol. The molecular formula is C17H26N2O4. The summed E-state index contributed by atoms with van der Waals surface area (Å²) in [7, 11) is 0. The van der Waals surface area contributed by atoms with Gasteiger partial charge in [0.2, 0.25) is 0 Å². The number of hydrogen-bond acceptors (Lipinski definition) is 5. The Morgan fingerprint density at radius 1 is 1.22 bits per heavy atom. The zero-order valence-corrected chi connectivity index (χ0v) is 14.1. The molecule has 0 aromatic heterocycles. The summed E-state index contributed by atoms with van der Waals surface area (Å²) in [5.41, 5.74) is -0.0439. The number of carbonyl (C=O) groups is 1. The van der Waals surface area contributed by atoms with Crippen LogP contribution in [0, 0.1) is 0 Å². The molecule has 6 nitrogen and oxygen atoms in total. The van der Waals surface area contributed by atoms with Crippen molar-refractivity contribution in [3.05, 3.63) is 35.9 Å². The van der Waals surface area contributed by atoms with E-state index in [2.05, 4.69) is 10.6 Å². The smallest absolute Gasteiger partial charge is 0.407 e. The predicted octanol–water partition coefficient (Wildman–Crippen LogP) is 2.83. The highest BCUT2D eigenvalue weighted by Crippen LogP contribution is 2.31. The number of phenols is 2. The van der Waals surface area contributed by atoms with Gasteiger partial charge in [-0.15, -0.1) is 0 Å². The highest BCUT2D eigenvalue weighted by atomic mass is 16.6. The monoisotopic (exact) mass is 322 g/mol. The molecule has 4 N–H and O–H groups in total. The van der Waals surface area contributed by atoms with Gasteiger partial charge in [-0.2, -0.15) is 0 Å². The molecule has 6 heteroatoms. The minimum absolute atomic E-state index is 0.0561. The van der Waals surface area contributed by atoms with E-state index in [1.807, 2.05) is 33.8 Å². The third-order valence-electron chi connectivity index (χ3n) is 2.96. The maximum absolute atomic E-state index is 11.4. The molecule has 0 heterocycles. The molecule has 1 atom stereocenters. The van der Waals surface area contributed by atoms with E-state index in [0.717, 1.165) is 0 Å². The first-order valence-corrected chi connectivity index (χ1v) is 7.57. The predicted molar refractivity (Wildman–Crippen MR) is 89.6 cm³/mol. The van der Waals surface area contributed by atoms with Crippen molar-refractivity contribution in [3.8, 4) is 11.5 Å². The van der Waals surface area contributed by atoms with Crippen LogP contribution >= 0.6 is 0 Å². The molecule has 1 unspecified atom stereocenters. The summed E-state index contributed by atoms with van der Waals surface area (Å²) in [6.07, 6.45) is 3.20. The Labute approximate surface area is 137 Å². The Balaban J connectivity index is 2.33. The van der Waals surface area contributed by atoms with E-state index in [4.69, 9.17) is 4.74 Å². The van der Waals surface area contributed by atoms with Crippen molar-refractivity contribution in [3.63, 3.8) is 0 Å². The normalized spacial score (nSPS) is 13.0. The number of rotatable bonds is 6. The van der Waals surface area contributed by atoms with Gasteiger partial charge in [0.15, 0.2) is 0 Å². The van der Waals surface area contributed by atoms with Crippen LogP contribution < -0.4 is 10.6 Å². The number of nitrogens with one attached hydrogen (secondary N) is 2. The molecule has 128 valence electrons. The molecule has 1 rings (SSSR count). The Bertz CT molecular complexity index is 530. The molecule has 1 aromatic carbocycles. The van der Waals surface area contributed by atoms with Crippen LogP contribution in [0.25, 0.3) is 0 Å². The third kappa shape index (κ3) is 7.06. The summed E-state index contributed by atoms with van der Waals surface area (Å²) in [4.78, 5) is 11.4. The average molecular weight is 322 g/mol. The molecule has 0 radical (unpaired) electrons. The molecule has 0 saturated carbocycles. The number of carbonyl (C=O) groups excluding carboxylic acids is 1. The molecule has 1 aromatic rings. The van der Waals surface area contributed by atoms with Gasteiger partial charge in [0, 0.05) is 19.1 Å². The Hall–Kier alpha value is -2.21. The molecule has 0 saturated heterocycles. The highest BCUT2D eigenvalue weighted by Gasteiger charge is 2.15. The second-order valence-corrected chi connectivity index (χ2v) is 6.19. The summed E-state index contributed by atoms with van der Waals surface area (Å²) >= 11 is 0. The molecule has 0 aliphatic rings. The van der Waals surface area contributed by atoms with Crippen LogP contribution in [-0.4, -0.2) is 35.0 Å². The first kappa shape index (κ1) is 18.8. The lowest BCUT2D eigenvalue weighted by molar-refractivity contribution is 0.0534. The van der Waals surface area contributed by atoms with Gasteiger partial charge in [0.1, 0.15) is 17.1 Å². The number of hydrogen-bond donors (Lipinski definition) is 4. The van der Waals surface area contributed by atoms with Gasteiger partial charge in [-0.05, 0) is 39.8 Å². The van der Waals surface area contributed by atoms with Crippen LogP contribution in [-0.2, 0) is 4.74 Å². The van der Waals surface area contributed by atoms with Gasteiger partial charge in [-0.1, -0.05) is 18.2 Å². The zero-order valence-electron chi connectivity index (χ0n) is 14.1. The van der Waals surface area contributed by atoms with E-state index in [1.54, 1.807) is 12.1 Å². The van der Waals surface area contributed by atoms with E-state index in [0.29, 0.717) is 18.7 Å². The Kier molecular flexibility index (Phi) is 6.90. The zero-order chi connectivity index (χ0) is 17.5. The van der Waals surface area contributed by atoms with Crippen molar-refractivity contribution in [2.24, 2.45) is 0 Å². The quantitative estimate of drug-likeness (QED) is 0.605. The summed E-state index contributed by atoms with van der Waals surface area (Å²) in [6, 6.07) is 4.45. The Morgan fingerprint density at radius 2 is 1.78 bits per heavy atom.